The van der Waals surface area contributed by atoms with Gasteiger partial charge in [-0.3, -0.25) is 0 Å². The SMILES string of the molecule is [I-].[I-].[I-].[I-].[Mn]. The Balaban J connectivity index is 0. The second-order valence-corrected chi connectivity index (χ2v) is 0. The van der Waals surface area contributed by atoms with Crippen molar-refractivity contribution in [3.8, 4) is 0 Å². The van der Waals surface area contributed by atoms with E-state index in [9.17, 15) is 0 Å². The second-order valence-electron chi connectivity index (χ2n) is 0. The van der Waals surface area contributed by atoms with Crippen molar-refractivity contribution in [1.82, 2.24) is 0 Å². The molecule has 5 heavy (non-hydrogen) atoms. The van der Waals surface area contributed by atoms with E-state index in [0.29, 0.717) is 0 Å². The van der Waals surface area contributed by atoms with Crippen LogP contribution in [0.5, 0.6) is 0 Å². The van der Waals surface area contributed by atoms with E-state index in [1.54, 1.807) is 0 Å². The van der Waals surface area contributed by atoms with Crippen LogP contribution < -0.4 is 95.9 Å². The zero-order valence-corrected chi connectivity index (χ0v) is 11.7. The molecule has 0 aliphatic heterocycles. The quantitative estimate of drug-likeness (QED) is 0.203. The molecule has 0 fully saturated rings. The van der Waals surface area contributed by atoms with Gasteiger partial charge in [0.15, 0.2) is 0 Å². The van der Waals surface area contributed by atoms with Gasteiger partial charge in [-0.05, 0) is 0 Å². The third kappa shape index (κ3) is 18.6. The van der Waals surface area contributed by atoms with Crippen LogP contribution in [0.4, 0.5) is 0 Å². The molecular formula is I4Mn-4. The van der Waals surface area contributed by atoms with Gasteiger partial charge in [-0.2, -0.15) is 0 Å². The minimum absolute atomic E-state index is 0. The van der Waals surface area contributed by atoms with E-state index >= 15 is 0 Å². The van der Waals surface area contributed by atoms with Gasteiger partial charge in [0.05, 0.1) is 0 Å². The number of rotatable bonds is 0. The van der Waals surface area contributed by atoms with Crippen LogP contribution in [0, 0.1) is 0 Å². The molecule has 0 atom stereocenters. The molecule has 0 aromatic carbocycles. The third-order valence-electron chi connectivity index (χ3n) is 0. The predicted molar refractivity (Wildman–Crippen MR) is 0 cm³/mol. The Morgan fingerprint density at radius 3 is 0.400 bits per heavy atom. The van der Waals surface area contributed by atoms with Crippen LogP contribution in [0.1, 0.15) is 0 Å². The van der Waals surface area contributed by atoms with Crippen molar-refractivity contribution in [2.75, 3.05) is 0 Å². The van der Waals surface area contributed by atoms with E-state index in [1.165, 1.54) is 0 Å². The van der Waals surface area contributed by atoms with Gasteiger partial charge >= 0.3 is 0 Å². The Morgan fingerprint density at radius 2 is 0.400 bits per heavy atom. The summed E-state index contributed by atoms with van der Waals surface area (Å²) in [6.07, 6.45) is 0. The Labute approximate surface area is 111 Å². The van der Waals surface area contributed by atoms with Gasteiger partial charge in [0.1, 0.15) is 0 Å². The second kappa shape index (κ2) is 26.1. The van der Waals surface area contributed by atoms with Gasteiger partial charge in [0.25, 0.3) is 0 Å². The predicted octanol–water partition coefficient (Wildman–Crippen LogP) is -12.0. The average Bonchev–Trinajstić information content (AvgIpc) is 0. The average molecular weight is 563 g/mol. The van der Waals surface area contributed by atoms with E-state index in [2.05, 4.69) is 0 Å². The summed E-state index contributed by atoms with van der Waals surface area (Å²) < 4.78 is 0. The molecule has 0 saturated heterocycles. The van der Waals surface area contributed by atoms with E-state index in [1.807, 2.05) is 0 Å². The van der Waals surface area contributed by atoms with E-state index in [0.717, 1.165) is 0 Å². The molecule has 0 N–H and O–H groups in total. The molecule has 0 aliphatic rings. The molecule has 5 heteroatoms. The number of hydrogen-bond acceptors (Lipinski definition) is 0. The van der Waals surface area contributed by atoms with Crippen LogP contribution in [0.3, 0.4) is 0 Å². The first kappa shape index (κ1) is 39.5. The minimum atomic E-state index is 0. The van der Waals surface area contributed by atoms with Crippen LogP contribution in [0.15, 0.2) is 0 Å². The fourth-order valence-electron chi connectivity index (χ4n) is 0. The molecular weight excluding hydrogens is 563 g/mol. The summed E-state index contributed by atoms with van der Waals surface area (Å²) in [7, 11) is 0. The van der Waals surface area contributed by atoms with E-state index in [4.69, 9.17) is 0 Å². The molecule has 0 bridgehead atoms. The fraction of sp³-hybridized carbons (Fsp3) is 0. The van der Waals surface area contributed by atoms with Gasteiger partial charge < -0.3 is 95.9 Å². The Bertz CT molecular complexity index is 3.61. The molecule has 0 aliphatic carbocycles. The van der Waals surface area contributed by atoms with Gasteiger partial charge in [0, 0.05) is 17.1 Å². The summed E-state index contributed by atoms with van der Waals surface area (Å²) in [5, 5.41) is 0. The Morgan fingerprint density at radius 1 is 0.400 bits per heavy atom. The van der Waals surface area contributed by atoms with E-state index in [-0.39, 0.29) is 113 Å². The summed E-state index contributed by atoms with van der Waals surface area (Å²) in [5.74, 6) is 0. The summed E-state index contributed by atoms with van der Waals surface area (Å²) in [4.78, 5) is 0. The maximum atomic E-state index is 0. The molecule has 0 aromatic heterocycles. The molecule has 0 amide bonds. The van der Waals surface area contributed by atoms with Crippen molar-refractivity contribution in [2.45, 2.75) is 0 Å². The largest absolute Gasteiger partial charge is 1.00 e. The fourth-order valence-corrected chi connectivity index (χ4v) is 0. The van der Waals surface area contributed by atoms with Crippen molar-refractivity contribution < 1.29 is 113 Å². The molecule has 0 heterocycles. The molecule has 39 valence electrons. The molecule has 0 unspecified atom stereocenters. The zero-order chi connectivity index (χ0) is 0. The first-order valence-corrected chi connectivity index (χ1v) is 0. The van der Waals surface area contributed by atoms with Crippen LogP contribution in [0.2, 0.25) is 0 Å². The van der Waals surface area contributed by atoms with Crippen molar-refractivity contribution in [1.29, 1.82) is 0 Å². The van der Waals surface area contributed by atoms with Gasteiger partial charge in [-0.25, -0.2) is 0 Å². The molecule has 0 aromatic rings. The molecule has 0 spiro atoms. The van der Waals surface area contributed by atoms with Crippen LogP contribution >= 0.6 is 0 Å². The normalized spacial score (nSPS) is 0. The standard InChI is InChI=1S/4HI.Mn/h4*1H;/p-4. The maximum Gasteiger partial charge on any atom is 0 e. The van der Waals surface area contributed by atoms with Crippen molar-refractivity contribution in [3.63, 3.8) is 0 Å². The molecule has 0 saturated carbocycles. The first-order chi connectivity index (χ1) is 0. The number of halogens is 4. The summed E-state index contributed by atoms with van der Waals surface area (Å²) in [6.45, 7) is 0. The minimum Gasteiger partial charge on any atom is -1.00 e. The Kier molecular flexibility index (Phi) is 206. The first-order valence-electron chi connectivity index (χ1n) is 0. The van der Waals surface area contributed by atoms with Crippen molar-refractivity contribution >= 4 is 0 Å². The zero-order valence-electron chi connectivity index (χ0n) is 1.89. The maximum absolute atomic E-state index is 0. The van der Waals surface area contributed by atoms with Crippen LogP contribution in [-0.2, 0) is 17.1 Å². The van der Waals surface area contributed by atoms with Gasteiger partial charge in [-0.1, -0.05) is 0 Å². The van der Waals surface area contributed by atoms with Gasteiger partial charge in [0.2, 0.25) is 0 Å². The topological polar surface area (TPSA) is 0 Å². The van der Waals surface area contributed by atoms with Crippen molar-refractivity contribution in [2.24, 2.45) is 0 Å². The van der Waals surface area contributed by atoms with E-state index < -0.39 is 0 Å². The van der Waals surface area contributed by atoms with Crippen LogP contribution in [0.25, 0.3) is 0 Å². The smallest absolute Gasteiger partial charge is 0 e. The molecule has 0 rings (SSSR count). The monoisotopic (exact) mass is 563 g/mol. The summed E-state index contributed by atoms with van der Waals surface area (Å²) in [5.41, 5.74) is 0. The van der Waals surface area contributed by atoms with Gasteiger partial charge in [-0.15, -0.1) is 0 Å². The Hall–Kier alpha value is 3.44. The summed E-state index contributed by atoms with van der Waals surface area (Å²) >= 11 is 0. The van der Waals surface area contributed by atoms with Crippen LogP contribution in [-0.4, -0.2) is 0 Å². The molecule has 1 radical (unpaired) electrons. The summed E-state index contributed by atoms with van der Waals surface area (Å²) in [6, 6.07) is 0. The van der Waals surface area contributed by atoms with Crippen molar-refractivity contribution in [3.05, 3.63) is 0 Å². The third-order valence-corrected chi connectivity index (χ3v) is 0. The molecule has 0 nitrogen and oxygen atoms in total. The number of hydrogen-bond donors (Lipinski definition) is 0.